The van der Waals surface area contributed by atoms with Crippen LogP contribution in [0.4, 0.5) is 0 Å². The van der Waals surface area contributed by atoms with Crippen LogP contribution in [0.3, 0.4) is 0 Å². The van der Waals surface area contributed by atoms with Gasteiger partial charge in [-0.1, -0.05) is 35.3 Å². The number of halogens is 2. The fraction of sp³-hybridized carbons (Fsp3) is 0.500. The molecule has 1 aromatic carbocycles. The minimum Gasteiger partial charge on any atom is -0.339 e. The van der Waals surface area contributed by atoms with Crippen LogP contribution in [-0.2, 0) is 6.54 Å². The van der Waals surface area contributed by atoms with E-state index < -0.39 is 0 Å². The van der Waals surface area contributed by atoms with Crippen LogP contribution in [0.2, 0.25) is 10.0 Å². The Hall–Kier alpha value is -1.69. The van der Waals surface area contributed by atoms with Gasteiger partial charge in [-0.25, -0.2) is 9.97 Å². The zero-order chi connectivity index (χ0) is 20.4. The van der Waals surface area contributed by atoms with E-state index in [9.17, 15) is 4.79 Å². The molecule has 4 rings (SSSR count). The van der Waals surface area contributed by atoms with E-state index in [0.29, 0.717) is 22.2 Å². The number of carbonyl (C=O) groups is 1. The fourth-order valence-corrected chi connectivity index (χ4v) is 4.70. The zero-order valence-corrected chi connectivity index (χ0v) is 18.2. The molecule has 154 valence electrons. The van der Waals surface area contributed by atoms with Crippen LogP contribution in [0, 0.1) is 6.92 Å². The molecule has 2 aromatic rings. The van der Waals surface area contributed by atoms with Crippen LogP contribution < -0.4 is 0 Å². The normalized spacial score (nSPS) is 20.2. The minimum absolute atomic E-state index is 0.0581. The molecule has 7 heteroatoms. The Kier molecular flexibility index (Phi) is 6.38. The van der Waals surface area contributed by atoms with Crippen LogP contribution in [0.1, 0.15) is 65.6 Å². The number of nitrogens with zero attached hydrogens (tertiary/aromatic N) is 4. The van der Waals surface area contributed by atoms with Crippen molar-refractivity contribution in [2.45, 2.75) is 51.6 Å². The van der Waals surface area contributed by atoms with Gasteiger partial charge in [0.25, 0.3) is 5.91 Å². The van der Waals surface area contributed by atoms with Gasteiger partial charge in [0.05, 0.1) is 27.3 Å². The van der Waals surface area contributed by atoms with Crippen molar-refractivity contribution in [2.24, 2.45) is 0 Å². The van der Waals surface area contributed by atoms with E-state index >= 15 is 0 Å². The first-order chi connectivity index (χ1) is 14.0. The van der Waals surface area contributed by atoms with Crippen molar-refractivity contribution in [3.63, 3.8) is 0 Å². The summed E-state index contributed by atoms with van der Waals surface area (Å²) in [5, 5.41) is 1.19. The van der Waals surface area contributed by atoms with Crippen molar-refractivity contribution in [2.75, 3.05) is 19.6 Å². The number of likely N-dealkylation sites (tertiary alicyclic amines) is 2. The fourth-order valence-electron chi connectivity index (χ4n) is 4.32. The van der Waals surface area contributed by atoms with E-state index in [1.807, 2.05) is 24.0 Å². The Morgan fingerprint density at radius 3 is 2.69 bits per heavy atom. The second-order valence-corrected chi connectivity index (χ2v) is 8.71. The van der Waals surface area contributed by atoms with Gasteiger partial charge in [-0.05, 0) is 57.2 Å². The SMILES string of the molecule is Cc1nc([C@H]2CCCN2Cc2cccc(Cl)c2Cl)ncc1C(=O)N1CCCCC1. The van der Waals surface area contributed by atoms with Crippen LogP contribution >= 0.6 is 23.2 Å². The Balaban J connectivity index is 1.52. The summed E-state index contributed by atoms with van der Waals surface area (Å²) >= 11 is 12.6. The molecule has 0 N–H and O–H groups in total. The molecule has 29 heavy (non-hydrogen) atoms. The third kappa shape index (κ3) is 4.42. The van der Waals surface area contributed by atoms with E-state index in [2.05, 4.69) is 9.88 Å². The zero-order valence-electron chi connectivity index (χ0n) is 16.7. The number of hydrogen-bond donors (Lipinski definition) is 0. The number of aromatic nitrogens is 2. The van der Waals surface area contributed by atoms with Crippen molar-refractivity contribution in [1.29, 1.82) is 0 Å². The van der Waals surface area contributed by atoms with Gasteiger partial charge in [0.15, 0.2) is 0 Å². The molecule has 1 atom stereocenters. The molecule has 0 radical (unpaired) electrons. The van der Waals surface area contributed by atoms with Crippen molar-refractivity contribution in [1.82, 2.24) is 19.8 Å². The molecule has 0 spiro atoms. The number of piperidine rings is 1. The molecule has 0 aliphatic carbocycles. The molecule has 2 fully saturated rings. The molecule has 0 bridgehead atoms. The van der Waals surface area contributed by atoms with Crippen molar-refractivity contribution < 1.29 is 4.79 Å². The molecule has 5 nitrogen and oxygen atoms in total. The molecule has 0 saturated carbocycles. The van der Waals surface area contributed by atoms with E-state index in [-0.39, 0.29) is 11.9 Å². The maximum absolute atomic E-state index is 12.8. The topological polar surface area (TPSA) is 49.3 Å². The molecule has 2 aliphatic heterocycles. The highest BCUT2D eigenvalue weighted by Crippen LogP contribution is 2.34. The lowest BCUT2D eigenvalue weighted by molar-refractivity contribution is 0.0722. The number of benzene rings is 1. The predicted octanol–water partition coefficient (Wildman–Crippen LogP) is 5.06. The third-order valence-electron chi connectivity index (χ3n) is 5.94. The van der Waals surface area contributed by atoms with Crippen molar-refractivity contribution in [3.8, 4) is 0 Å². The lowest BCUT2D eigenvalue weighted by Crippen LogP contribution is -2.36. The molecule has 2 saturated heterocycles. The lowest BCUT2D eigenvalue weighted by atomic mass is 10.1. The Morgan fingerprint density at radius 2 is 1.93 bits per heavy atom. The van der Waals surface area contributed by atoms with E-state index in [0.717, 1.165) is 62.4 Å². The Morgan fingerprint density at radius 1 is 1.14 bits per heavy atom. The highest BCUT2D eigenvalue weighted by molar-refractivity contribution is 6.42. The molecular weight excluding hydrogens is 407 g/mol. The van der Waals surface area contributed by atoms with Gasteiger partial charge in [0, 0.05) is 25.8 Å². The van der Waals surface area contributed by atoms with Gasteiger partial charge in [-0.15, -0.1) is 0 Å². The highest BCUT2D eigenvalue weighted by Gasteiger charge is 2.30. The van der Waals surface area contributed by atoms with Gasteiger partial charge < -0.3 is 4.90 Å². The smallest absolute Gasteiger partial charge is 0.257 e. The summed E-state index contributed by atoms with van der Waals surface area (Å²) < 4.78 is 0. The molecule has 1 aromatic heterocycles. The summed E-state index contributed by atoms with van der Waals surface area (Å²) in [6.07, 6.45) is 7.15. The third-order valence-corrected chi connectivity index (χ3v) is 6.80. The molecule has 2 aliphatic rings. The first-order valence-electron chi connectivity index (χ1n) is 10.3. The van der Waals surface area contributed by atoms with E-state index in [1.165, 1.54) is 6.42 Å². The second-order valence-electron chi connectivity index (χ2n) is 7.92. The average Bonchev–Trinajstić information content (AvgIpc) is 3.20. The summed E-state index contributed by atoms with van der Waals surface area (Å²) in [4.78, 5) is 26.5. The van der Waals surface area contributed by atoms with Crippen molar-refractivity contribution >= 4 is 29.1 Å². The molecular formula is C22H26Cl2N4O. The van der Waals surface area contributed by atoms with Gasteiger partial charge >= 0.3 is 0 Å². The molecule has 3 heterocycles. The van der Waals surface area contributed by atoms with Crippen LogP contribution in [-0.4, -0.2) is 45.3 Å². The van der Waals surface area contributed by atoms with E-state index in [4.69, 9.17) is 28.2 Å². The van der Waals surface area contributed by atoms with Gasteiger partial charge in [0.1, 0.15) is 5.82 Å². The summed E-state index contributed by atoms with van der Waals surface area (Å²) in [7, 11) is 0. The summed E-state index contributed by atoms with van der Waals surface area (Å²) in [6, 6.07) is 5.87. The first kappa shape index (κ1) is 20.6. The van der Waals surface area contributed by atoms with Crippen LogP contribution in [0.5, 0.6) is 0 Å². The standard InChI is InChI=1S/C22H26Cl2N4O/c1-15-17(22(29)27-10-3-2-4-11-27)13-25-21(26-15)19-9-6-12-28(19)14-16-7-5-8-18(23)20(16)24/h5,7-8,13,19H,2-4,6,9-12,14H2,1H3/t19-/m1/s1. The van der Waals surface area contributed by atoms with Gasteiger partial charge in [0.2, 0.25) is 0 Å². The largest absolute Gasteiger partial charge is 0.339 e. The lowest BCUT2D eigenvalue weighted by Gasteiger charge is -2.27. The number of aryl methyl sites for hydroxylation is 1. The average molecular weight is 433 g/mol. The Bertz CT molecular complexity index is 898. The highest BCUT2D eigenvalue weighted by atomic mass is 35.5. The summed E-state index contributed by atoms with van der Waals surface area (Å²) in [6.45, 7) is 5.24. The monoisotopic (exact) mass is 432 g/mol. The minimum atomic E-state index is 0.0581. The quantitative estimate of drug-likeness (QED) is 0.677. The maximum Gasteiger partial charge on any atom is 0.257 e. The Labute approximate surface area is 182 Å². The first-order valence-corrected chi connectivity index (χ1v) is 11.1. The van der Waals surface area contributed by atoms with Crippen molar-refractivity contribution in [3.05, 3.63) is 57.1 Å². The van der Waals surface area contributed by atoms with Gasteiger partial charge in [-0.2, -0.15) is 0 Å². The van der Waals surface area contributed by atoms with Crippen LogP contribution in [0.15, 0.2) is 24.4 Å². The number of rotatable bonds is 4. The van der Waals surface area contributed by atoms with E-state index in [1.54, 1.807) is 12.3 Å². The number of amides is 1. The summed E-state index contributed by atoms with van der Waals surface area (Å²) in [5.74, 6) is 0.844. The summed E-state index contributed by atoms with van der Waals surface area (Å²) in [5.41, 5.74) is 2.40. The predicted molar refractivity (Wildman–Crippen MR) is 115 cm³/mol. The molecule has 1 amide bonds. The van der Waals surface area contributed by atoms with Gasteiger partial charge in [-0.3, -0.25) is 9.69 Å². The number of hydrogen-bond acceptors (Lipinski definition) is 4. The molecule has 0 unspecified atom stereocenters. The second kappa shape index (κ2) is 8.99. The van der Waals surface area contributed by atoms with Crippen LogP contribution in [0.25, 0.3) is 0 Å². The maximum atomic E-state index is 12.8. The number of carbonyl (C=O) groups excluding carboxylic acids is 1.